The molecule has 23 heavy (non-hydrogen) atoms. The van der Waals surface area contributed by atoms with E-state index in [1.807, 2.05) is 0 Å². The van der Waals surface area contributed by atoms with Crippen LogP contribution in [0, 0.1) is 11.8 Å². The molecule has 0 aromatic carbocycles. The number of hydrogen-bond acceptors (Lipinski definition) is 4. The Bertz CT molecular complexity index is 563. The third-order valence-electron chi connectivity index (χ3n) is 5.00. The zero-order valence-electron chi connectivity index (χ0n) is 13.7. The first kappa shape index (κ1) is 16.0. The molecule has 0 N–H and O–H groups in total. The first-order chi connectivity index (χ1) is 11.2. The monoisotopic (exact) mass is 319 g/mol. The van der Waals surface area contributed by atoms with E-state index < -0.39 is 5.92 Å². The van der Waals surface area contributed by atoms with Crippen molar-refractivity contribution in [3.63, 3.8) is 0 Å². The van der Waals surface area contributed by atoms with Crippen molar-refractivity contribution in [1.29, 1.82) is 0 Å². The largest absolute Gasteiger partial charge is 0.465 e. The Labute approximate surface area is 136 Å². The summed E-state index contributed by atoms with van der Waals surface area (Å²) in [7, 11) is 0. The highest BCUT2D eigenvalue weighted by Gasteiger charge is 2.39. The van der Waals surface area contributed by atoms with Gasteiger partial charge in [-0.15, -0.1) is 0 Å². The van der Waals surface area contributed by atoms with Gasteiger partial charge >= 0.3 is 5.97 Å². The van der Waals surface area contributed by atoms with Crippen molar-refractivity contribution in [3.05, 3.63) is 18.2 Å². The third-order valence-corrected chi connectivity index (χ3v) is 5.00. The van der Waals surface area contributed by atoms with Crippen molar-refractivity contribution in [1.82, 2.24) is 14.5 Å². The molecule has 1 aliphatic heterocycles. The van der Waals surface area contributed by atoms with E-state index in [1.54, 1.807) is 24.3 Å². The Hall–Kier alpha value is -1.85. The maximum atomic E-state index is 13.0. The second-order valence-corrected chi connectivity index (χ2v) is 6.47. The maximum Gasteiger partial charge on any atom is 0.318 e. The third kappa shape index (κ3) is 3.41. The van der Waals surface area contributed by atoms with Gasteiger partial charge in [0, 0.05) is 19.3 Å². The fourth-order valence-corrected chi connectivity index (χ4v) is 3.76. The van der Waals surface area contributed by atoms with Crippen molar-refractivity contribution in [2.24, 2.45) is 11.8 Å². The van der Waals surface area contributed by atoms with Crippen LogP contribution in [0.3, 0.4) is 0 Å². The zero-order chi connectivity index (χ0) is 16.2. The van der Waals surface area contributed by atoms with E-state index in [1.165, 1.54) is 6.42 Å². The van der Waals surface area contributed by atoms with Gasteiger partial charge in [-0.3, -0.25) is 9.59 Å². The minimum Gasteiger partial charge on any atom is -0.465 e. The van der Waals surface area contributed by atoms with Crippen molar-refractivity contribution in [3.8, 4) is 0 Å². The molecule has 0 bridgehead atoms. The number of carbonyl (C=O) groups excluding carboxylic acids is 2. The van der Waals surface area contributed by atoms with Crippen LogP contribution in [0.5, 0.6) is 0 Å². The van der Waals surface area contributed by atoms with Gasteiger partial charge in [-0.2, -0.15) is 0 Å². The minimum absolute atomic E-state index is 0.0669. The van der Waals surface area contributed by atoms with Gasteiger partial charge in [0.25, 0.3) is 0 Å². The summed E-state index contributed by atoms with van der Waals surface area (Å²) in [4.78, 5) is 31.4. The van der Waals surface area contributed by atoms with Crippen molar-refractivity contribution < 1.29 is 14.3 Å². The molecule has 6 heteroatoms. The Morgan fingerprint density at radius 1 is 1.30 bits per heavy atom. The number of carbonyl (C=O) groups is 2. The average molecular weight is 319 g/mol. The molecule has 3 rings (SSSR count). The lowest BCUT2D eigenvalue weighted by molar-refractivity contribution is -0.159. The van der Waals surface area contributed by atoms with E-state index in [0.717, 1.165) is 37.9 Å². The van der Waals surface area contributed by atoms with E-state index in [0.29, 0.717) is 19.7 Å². The van der Waals surface area contributed by atoms with Gasteiger partial charge < -0.3 is 14.2 Å². The Balaban J connectivity index is 1.75. The summed E-state index contributed by atoms with van der Waals surface area (Å²) in [6.45, 7) is 4.01. The predicted octanol–water partition coefficient (Wildman–Crippen LogP) is 1.98. The number of nitrogens with zero attached hydrogens (tertiary/aromatic N) is 3. The van der Waals surface area contributed by atoms with Crippen molar-refractivity contribution >= 4 is 11.9 Å². The van der Waals surface area contributed by atoms with Crippen LogP contribution in [0.25, 0.3) is 0 Å². The molecule has 0 spiro atoms. The van der Waals surface area contributed by atoms with Gasteiger partial charge in [-0.05, 0) is 25.7 Å². The lowest BCUT2D eigenvalue weighted by atomic mass is 9.79. The Morgan fingerprint density at radius 2 is 2.09 bits per heavy atom. The Morgan fingerprint density at radius 3 is 2.83 bits per heavy atom. The molecule has 2 heterocycles. The smallest absolute Gasteiger partial charge is 0.318 e. The Kier molecular flexibility index (Phi) is 4.98. The number of fused-ring (bicyclic) bond motifs is 1. The summed E-state index contributed by atoms with van der Waals surface area (Å²) in [5.41, 5.74) is 1.02. The first-order valence-corrected chi connectivity index (χ1v) is 8.65. The van der Waals surface area contributed by atoms with Gasteiger partial charge in [0.15, 0.2) is 0 Å². The fraction of sp³-hybridized carbons (Fsp3) is 0.706. The zero-order valence-corrected chi connectivity index (χ0v) is 13.7. The number of hydrogen-bond donors (Lipinski definition) is 0. The van der Waals surface area contributed by atoms with Gasteiger partial charge in [-0.1, -0.05) is 19.3 Å². The number of ether oxygens (including phenoxy) is 1. The van der Waals surface area contributed by atoms with Gasteiger partial charge in [0.1, 0.15) is 5.92 Å². The van der Waals surface area contributed by atoms with Crippen LogP contribution in [-0.4, -0.2) is 39.5 Å². The van der Waals surface area contributed by atoms with Gasteiger partial charge in [0.2, 0.25) is 5.91 Å². The first-order valence-electron chi connectivity index (χ1n) is 8.65. The summed E-state index contributed by atoms with van der Waals surface area (Å²) in [6.07, 6.45) is 8.87. The predicted molar refractivity (Wildman–Crippen MR) is 84.3 cm³/mol. The standard InChI is InChI=1S/C17H25N3O3/c1-2-23-17(22)15(13-6-4-3-5-7-13)16(21)19-8-9-20-12-18-10-14(20)11-19/h10,12-13,15H,2-9,11H2,1H3/t15-/m1/s1. The van der Waals surface area contributed by atoms with Crippen LogP contribution in [0.1, 0.15) is 44.7 Å². The van der Waals surface area contributed by atoms with E-state index in [-0.39, 0.29) is 17.8 Å². The molecular weight excluding hydrogens is 294 g/mol. The van der Waals surface area contributed by atoms with Crippen LogP contribution in [-0.2, 0) is 27.4 Å². The van der Waals surface area contributed by atoms with Gasteiger partial charge in [0.05, 0.1) is 25.2 Å². The quantitative estimate of drug-likeness (QED) is 0.629. The molecule has 0 unspecified atom stereocenters. The van der Waals surface area contributed by atoms with E-state index in [9.17, 15) is 9.59 Å². The molecule has 2 aliphatic rings. The molecule has 1 saturated carbocycles. The highest BCUT2D eigenvalue weighted by Crippen LogP contribution is 2.32. The molecule has 1 aliphatic carbocycles. The topological polar surface area (TPSA) is 64.4 Å². The normalized spacial score (nSPS) is 20.0. The number of aromatic nitrogens is 2. The lowest BCUT2D eigenvalue weighted by Crippen LogP contribution is -2.46. The molecule has 1 atom stereocenters. The second-order valence-electron chi connectivity index (χ2n) is 6.47. The van der Waals surface area contributed by atoms with Crippen molar-refractivity contribution in [2.75, 3.05) is 13.2 Å². The molecular formula is C17H25N3O3. The molecule has 1 amide bonds. The van der Waals surface area contributed by atoms with Crippen LogP contribution in [0.15, 0.2) is 12.5 Å². The summed E-state index contributed by atoms with van der Waals surface area (Å²) in [6, 6.07) is 0. The molecule has 1 aromatic rings. The molecule has 0 radical (unpaired) electrons. The maximum absolute atomic E-state index is 13.0. The highest BCUT2D eigenvalue weighted by molar-refractivity contribution is 5.98. The fourth-order valence-electron chi connectivity index (χ4n) is 3.76. The van der Waals surface area contributed by atoms with E-state index in [2.05, 4.69) is 9.55 Å². The molecule has 1 fully saturated rings. The summed E-state index contributed by atoms with van der Waals surface area (Å²) < 4.78 is 7.28. The van der Waals surface area contributed by atoms with Crippen LogP contribution < -0.4 is 0 Å². The minimum atomic E-state index is -0.635. The average Bonchev–Trinajstić information content (AvgIpc) is 3.04. The van der Waals surface area contributed by atoms with Crippen molar-refractivity contribution in [2.45, 2.75) is 52.1 Å². The summed E-state index contributed by atoms with van der Waals surface area (Å²) >= 11 is 0. The second kappa shape index (κ2) is 7.15. The van der Waals surface area contributed by atoms with Crippen LogP contribution >= 0.6 is 0 Å². The van der Waals surface area contributed by atoms with Gasteiger partial charge in [-0.25, -0.2) is 4.98 Å². The SMILES string of the molecule is CCOC(=O)[C@@H](C(=O)N1CCn2cncc2C1)C1CCCCC1. The molecule has 126 valence electrons. The van der Waals surface area contributed by atoms with Crippen LogP contribution in [0.2, 0.25) is 0 Å². The number of esters is 1. The number of amides is 1. The number of imidazole rings is 1. The summed E-state index contributed by atoms with van der Waals surface area (Å²) in [5, 5.41) is 0. The lowest BCUT2D eigenvalue weighted by Gasteiger charge is -2.34. The molecule has 0 saturated heterocycles. The van der Waals surface area contributed by atoms with Crippen LogP contribution in [0.4, 0.5) is 0 Å². The van der Waals surface area contributed by atoms with E-state index in [4.69, 9.17) is 4.74 Å². The molecule has 1 aromatic heterocycles. The highest BCUT2D eigenvalue weighted by atomic mass is 16.5. The van der Waals surface area contributed by atoms with E-state index >= 15 is 0 Å². The summed E-state index contributed by atoms with van der Waals surface area (Å²) in [5.74, 6) is -0.918. The molecule has 6 nitrogen and oxygen atoms in total. The number of rotatable bonds is 4.